The van der Waals surface area contributed by atoms with Gasteiger partial charge in [-0.05, 0) is 79.1 Å². The molecule has 5 rings (SSSR count). The molecule has 1 aromatic heterocycles. The van der Waals surface area contributed by atoms with Crippen molar-refractivity contribution >= 4 is 29.1 Å². The third kappa shape index (κ3) is 4.77. The highest BCUT2D eigenvalue weighted by molar-refractivity contribution is 6.30. The minimum atomic E-state index is -0.570. The van der Waals surface area contributed by atoms with Crippen molar-refractivity contribution in [2.75, 3.05) is 0 Å². The minimum Gasteiger partial charge on any atom is -0.326 e. The first-order valence-corrected chi connectivity index (χ1v) is 13.0. The zero-order valence-corrected chi connectivity index (χ0v) is 21.4. The van der Waals surface area contributed by atoms with Gasteiger partial charge in [0.25, 0.3) is 0 Å². The predicted molar refractivity (Wildman–Crippen MR) is 142 cm³/mol. The van der Waals surface area contributed by atoms with E-state index in [0.29, 0.717) is 28.8 Å². The van der Waals surface area contributed by atoms with Crippen LogP contribution in [-0.2, 0) is 4.79 Å². The van der Waals surface area contributed by atoms with Crippen molar-refractivity contribution in [1.29, 1.82) is 0 Å². The Morgan fingerprint density at radius 2 is 1.83 bits per heavy atom. The van der Waals surface area contributed by atoms with Crippen molar-refractivity contribution in [2.24, 2.45) is 11.3 Å². The third-order valence-electron chi connectivity index (χ3n) is 7.54. The molecule has 4 atom stereocenters. The van der Waals surface area contributed by atoms with Crippen molar-refractivity contribution in [3.8, 4) is 0 Å². The predicted octanol–water partition coefficient (Wildman–Crippen LogP) is 8.18. The fourth-order valence-corrected chi connectivity index (χ4v) is 6.09. The Morgan fingerprint density at radius 1 is 1.06 bits per heavy atom. The quantitative estimate of drug-likeness (QED) is 0.304. The maximum atomic E-state index is 14.5. The second-order valence-corrected chi connectivity index (χ2v) is 11.0. The highest BCUT2D eigenvalue weighted by Crippen LogP contribution is 2.57. The van der Waals surface area contributed by atoms with Crippen molar-refractivity contribution in [3.63, 3.8) is 0 Å². The monoisotopic (exact) mass is 504 g/mol. The molecule has 0 radical (unpaired) electrons. The summed E-state index contributed by atoms with van der Waals surface area (Å²) < 4.78 is 0. The lowest BCUT2D eigenvalue weighted by Gasteiger charge is -2.52. The Labute approximate surface area is 217 Å². The minimum absolute atomic E-state index is 0.0579. The van der Waals surface area contributed by atoms with Gasteiger partial charge < -0.3 is 4.90 Å². The van der Waals surface area contributed by atoms with Crippen LogP contribution in [0.5, 0.6) is 0 Å². The van der Waals surface area contributed by atoms with Gasteiger partial charge >= 0.3 is 0 Å². The summed E-state index contributed by atoms with van der Waals surface area (Å²) in [4.78, 5) is 21.4. The lowest BCUT2D eigenvalue weighted by atomic mass is 9.67. The summed E-state index contributed by atoms with van der Waals surface area (Å²) in [5.41, 5.74) is 2.60. The standard InChI is InChI=1S/C30H30Cl2N2O/c1-3-16-30(2)19-25(22-7-6-8-24(32)18-22)27(20-12-14-23(31)15-13-20)34(29(30)35)28(21-10-11-21)26-9-4-5-17-33-26/h3-9,12-15,17-18,21,25,27-28H,1,10-11,16,19H2,2H3/t25-,27-,28-,30?/m1/s1. The first kappa shape index (κ1) is 24.1. The Morgan fingerprint density at radius 3 is 2.46 bits per heavy atom. The van der Waals surface area contributed by atoms with Gasteiger partial charge in [0.15, 0.2) is 0 Å². The Bertz CT molecular complexity index is 1210. The number of nitrogens with zero attached hydrogens (tertiary/aromatic N) is 2. The normalized spacial score (nSPS) is 25.3. The smallest absolute Gasteiger partial charge is 0.229 e. The molecule has 3 nitrogen and oxygen atoms in total. The van der Waals surface area contributed by atoms with Crippen molar-refractivity contribution in [1.82, 2.24) is 9.88 Å². The molecule has 2 heterocycles. The number of piperidine rings is 1. The zero-order valence-electron chi connectivity index (χ0n) is 19.9. The second-order valence-electron chi connectivity index (χ2n) is 10.2. The fraction of sp³-hybridized carbons (Fsp3) is 0.333. The molecule has 0 bridgehead atoms. The summed E-state index contributed by atoms with van der Waals surface area (Å²) in [6.45, 7) is 6.08. The molecule has 1 aliphatic carbocycles. The molecule has 1 amide bonds. The van der Waals surface area contributed by atoms with E-state index >= 15 is 0 Å². The number of hydrogen-bond acceptors (Lipinski definition) is 2. The van der Waals surface area contributed by atoms with E-state index < -0.39 is 5.41 Å². The maximum Gasteiger partial charge on any atom is 0.229 e. The summed E-state index contributed by atoms with van der Waals surface area (Å²) in [6, 6.07) is 21.8. The first-order chi connectivity index (χ1) is 16.9. The van der Waals surface area contributed by atoms with Crippen LogP contribution in [0, 0.1) is 11.3 Å². The van der Waals surface area contributed by atoms with Crippen LogP contribution in [0.1, 0.15) is 67.4 Å². The van der Waals surface area contributed by atoms with E-state index in [0.717, 1.165) is 29.7 Å². The Kier molecular flexibility index (Phi) is 6.74. The van der Waals surface area contributed by atoms with Crippen LogP contribution in [-0.4, -0.2) is 15.8 Å². The highest BCUT2D eigenvalue weighted by atomic mass is 35.5. The van der Waals surface area contributed by atoms with Gasteiger partial charge in [-0.25, -0.2) is 0 Å². The van der Waals surface area contributed by atoms with Gasteiger partial charge in [0.1, 0.15) is 0 Å². The van der Waals surface area contributed by atoms with Gasteiger partial charge in [0.2, 0.25) is 5.91 Å². The first-order valence-electron chi connectivity index (χ1n) is 12.3. The van der Waals surface area contributed by atoms with E-state index in [9.17, 15) is 4.79 Å². The SMILES string of the molecule is C=CCC1(C)C[C@H](c2cccc(Cl)c2)[C@@H](c2ccc(Cl)cc2)N([C@@H](c2ccccn2)C2CC2)C1=O. The van der Waals surface area contributed by atoms with Crippen molar-refractivity contribution in [3.05, 3.63) is 112 Å². The Hall–Kier alpha value is -2.62. The van der Waals surface area contributed by atoms with Gasteiger partial charge in [0.05, 0.1) is 23.2 Å². The van der Waals surface area contributed by atoms with Gasteiger partial charge in [0, 0.05) is 22.2 Å². The van der Waals surface area contributed by atoms with E-state index in [4.69, 9.17) is 28.2 Å². The van der Waals surface area contributed by atoms with Crippen LogP contribution in [0.4, 0.5) is 0 Å². The second kappa shape index (κ2) is 9.79. The number of benzene rings is 2. The molecule has 0 N–H and O–H groups in total. The summed E-state index contributed by atoms with van der Waals surface area (Å²) in [5.74, 6) is 0.621. The van der Waals surface area contributed by atoms with Crippen LogP contribution < -0.4 is 0 Å². The summed E-state index contributed by atoms with van der Waals surface area (Å²) in [7, 11) is 0. The maximum absolute atomic E-state index is 14.5. The van der Waals surface area contributed by atoms with Crippen molar-refractivity contribution in [2.45, 2.75) is 50.6 Å². The summed E-state index contributed by atoms with van der Waals surface area (Å²) >= 11 is 12.7. The largest absolute Gasteiger partial charge is 0.326 e. The Balaban J connectivity index is 1.72. The molecule has 2 aromatic carbocycles. The lowest BCUT2D eigenvalue weighted by Crippen LogP contribution is -2.53. The van der Waals surface area contributed by atoms with Crippen LogP contribution in [0.2, 0.25) is 10.0 Å². The molecule has 1 unspecified atom stereocenters. The van der Waals surface area contributed by atoms with Crippen molar-refractivity contribution < 1.29 is 4.79 Å². The molecule has 1 saturated heterocycles. The third-order valence-corrected chi connectivity index (χ3v) is 8.03. The molecule has 1 aliphatic heterocycles. The number of carbonyl (C=O) groups is 1. The molecule has 1 saturated carbocycles. The number of carbonyl (C=O) groups excluding carboxylic acids is 1. The molecular formula is C30H30Cl2N2O. The molecule has 5 heteroatoms. The zero-order chi connectivity index (χ0) is 24.6. The van der Waals surface area contributed by atoms with Gasteiger partial charge in [-0.15, -0.1) is 6.58 Å². The van der Waals surface area contributed by atoms with Crippen LogP contribution in [0.3, 0.4) is 0 Å². The number of amides is 1. The van der Waals surface area contributed by atoms with E-state index in [-0.39, 0.29) is 23.9 Å². The summed E-state index contributed by atoms with van der Waals surface area (Å²) in [5, 5.41) is 1.39. The number of allylic oxidation sites excluding steroid dienone is 1. The molecule has 0 spiro atoms. The number of rotatable bonds is 7. The number of hydrogen-bond donors (Lipinski definition) is 0. The number of pyridine rings is 1. The molecule has 2 fully saturated rings. The topological polar surface area (TPSA) is 33.2 Å². The van der Waals surface area contributed by atoms with Gasteiger partial charge in [-0.1, -0.05) is 66.5 Å². The summed E-state index contributed by atoms with van der Waals surface area (Å²) in [6.07, 6.45) is 7.22. The van der Waals surface area contributed by atoms with Gasteiger partial charge in [-0.3, -0.25) is 9.78 Å². The van der Waals surface area contributed by atoms with Gasteiger partial charge in [-0.2, -0.15) is 0 Å². The molecule has 35 heavy (non-hydrogen) atoms. The average molecular weight is 505 g/mol. The number of likely N-dealkylation sites (tertiary alicyclic amines) is 1. The number of aromatic nitrogens is 1. The van der Waals surface area contributed by atoms with E-state index in [1.54, 1.807) is 0 Å². The van der Waals surface area contributed by atoms with E-state index in [2.05, 4.69) is 42.7 Å². The van der Waals surface area contributed by atoms with E-state index in [1.165, 1.54) is 0 Å². The highest BCUT2D eigenvalue weighted by Gasteiger charge is 2.54. The number of halogens is 2. The van der Waals surface area contributed by atoms with E-state index in [1.807, 2.05) is 54.7 Å². The van der Waals surface area contributed by atoms with Crippen LogP contribution in [0.25, 0.3) is 0 Å². The molecular weight excluding hydrogens is 475 g/mol. The molecule has 3 aromatic rings. The average Bonchev–Trinajstić information content (AvgIpc) is 3.69. The fourth-order valence-electron chi connectivity index (χ4n) is 5.77. The lowest BCUT2D eigenvalue weighted by molar-refractivity contribution is -0.155. The molecule has 2 aliphatic rings. The molecule has 180 valence electrons. The van der Waals surface area contributed by atoms with Crippen LogP contribution >= 0.6 is 23.2 Å². The van der Waals surface area contributed by atoms with Crippen LogP contribution in [0.15, 0.2) is 85.6 Å².